The van der Waals surface area contributed by atoms with E-state index in [1.807, 2.05) is 0 Å². The third kappa shape index (κ3) is 13.1. The smallest absolute Gasteiger partial charge is 0.413 e. The Morgan fingerprint density at radius 3 is 1.73 bits per heavy atom. The lowest BCUT2D eigenvalue weighted by molar-refractivity contribution is -0.139. The Hall–Kier alpha value is -6.39. The molecule has 336 valence electrons. The SMILES string of the molecule is CC(C)(C)OC(=O)N[C@@H](Cc1ccc(OC(=O)N[C@@H](CCCN)C(=O)c2ccccc2C(c2ccccc2)(c2ccccc2)N(C(=O)OC(C)(C)C)[C@@H](CS)C(N)=O)cc1)C(=O)O. The summed E-state index contributed by atoms with van der Waals surface area (Å²) in [6.45, 7) is 10.2. The number of benzene rings is 4. The first-order valence-corrected chi connectivity index (χ1v) is 21.0. The van der Waals surface area contributed by atoms with Crippen LogP contribution in [0.5, 0.6) is 5.75 Å². The Bertz CT molecular complexity index is 2170. The maximum Gasteiger partial charge on any atom is 0.413 e. The molecule has 0 fully saturated rings. The molecule has 3 atom stereocenters. The average molecular weight is 884 g/mol. The van der Waals surface area contributed by atoms with Crippen LogP contribution in [0.1, 0.15) is 87.0 Å². The van der Waals surface area contributed by atoms with Crippen molar-refractivity contribution in [3.63, 3.8) is 0 Å². The summed E-state index contributed by atoms with van der Waals surface area (Å²) in [5, 5.41) is 14.8. The lowest BCUT2D eigenvalue weighted by Crippen LogP contribution is -2.61. The number of ether oxygens (including phenoxy) is 3. The number of carboxylic acids is 1. The summed E-state index contributed by atoms with van der Waals surface area (Å²) in [6.07, 6.45) is -2.43. The van der Waals surface area contributed by atoms with Crippen LogP contribution in [0.2, 0.25) is 0 Å². The number of thiol groups is 1. The number of hydrogen-bond acceptors (Lipinski definition) is 11. The Labute approximate surface area is 373 Å². The van der Waals surface area contributed by atoms with Gasteiger partial charge in [0.1, 0.15) is 34.6 Å². The number of hydrogen-bond donors (Lipinski definition) is 6. The minimum atomic E-state index is -1.76. The van der Waals surface area contributed by atoms with Crippen molar-refractivity contribution in [1.82, 2.24) is 15.5 Å². The van der Waals surface area contributed by atoms with Crippen molar-refractivity contribution in [3.05, 3.63) is 137 Å². The lowest BCUT2D eigenvalue weighted by atomic mass is 9.72. The van der Waals surface area contributed by atoms with Crippen LogP contribution < -0.4 is 26.8 Å². The summed E-state index contributed by atoms with van der Waals surface area (Å²) in [5.74, 6) is -2.81. The third-order valence-electron chi connectivity index (χ3n) is 9.60. The summed E-state index contributed by atoms with van der Waals surface area (Å²) in [5.41, 5.74) is 10.2. The molecule has 0 unspecified atom stereocenters. The number of carbonyl (C=O) groups excluding carboxylic acids is 5. The fourth-order valence-electron chi connectivity index (χ4n) is 7.00. The number of aliphatic carboxylic acids is 1. The fraction of sp³-hybridized carbons (Fsp3) is 0.362. The molecule has 0 radical (unpaired) electrons. The normalized spacial score (nSPS) is 13.1. The maximum atomic E-state index is 15.1. The number of carboxylic acid groups (broad SMARTS) is 1. The number of carbonyl (C=O) groups is 6. The van der Waals surface area contributed by atoms with Gasteiger partial charge >= 0.3 is 24.2 Å². The highest BCUT2D eigenvalue weighted by atomic mass is 32.1. The molecule has 0 heterocycles. The topological polar surface area (TPSA) is 230 Å². The summed E-state index contributed by atoms with van der Waals surface area (Å²) < 4.78 is 16.8. The van der Waals surface area contributed by atoms with Gasteiger partial charge in [0.05, 0.1) is 6.04 Å². The minimum Gasteiger partial charge on any atom is -0.480 e. The number of amides is 4. The van der Waals surface area contributed by atoms with Crippen LogP contribution >= 0.6 is 12.6 Å². The van der Waals surface area contributed by atoms with E-state index in [2.05, 4.69) is 23.3 Å². The molecule has 4 aromatic carbocycles. The highest BCUT2D eigenvalue weighted by Gasteiger charge is 2.52. The van der Waals surface area contributed by atoms with Crippen LogP contribution in [0.15, 0.2) is 109 Å². The van der Waals surface area contributed by atoms with Crippen molar-refractivity contribution >= 4 is 48.6 Å². The molecule has 0 aliphatic rings. The van der Waals surface area contributed by atoms with Crippen LogP contribution in [0.25, 0.3) is 0 Å². The van der Waals surface area contributed by atoms with Crippen molar-refractivity contribution in [2.45, 2.75) is 95.7 Å². The first-order valence-electron chi connectivity index (χ1n) is 20.4. The predicted octanol–water partition coefficient (Wildman–Crippen LogP) is 6.60. The maximum absolute atomic E-state index is 15.1. The highest BCUT2D eigenvalue weighted by Crippen LogP contribution is 2.46. The van der Waals surface area contributed by atoms with Gasteiger partial charge in [0.25, 0.3) is 0 Å². The van der Waals surface area contributed by atoms with Gasteiger partial charge in [0.15, 0.2) is 5.78 Å². The number of alkyl carbamates (subject to hydrolysis) is 1. The number of nitrogens with zero attached hydrogens (tertiary/aromatic N) is 1. The molecule has 0 spiro atoms. The van der Waals surface area contributed by atoms with Crippen molar-refractivity contribution in [2.24, 2.45) is 11.5 Å². The van der Waals surface area contributed by atoms with Gasteiger partial charge in [-0.3, -0.25) is 14.5 Å². The second-order valence-electron chi connectivity index (χ2n) is 16.7. The zero-order valence-electron chi connectivity index (χ0n) is 36.3. The molecule has 4 rings (SSSR count). The largest absolute Gasteiger partial charge is 0.480 e. The average Bonchev–Trinajstić information content (AvgIpc) is 3.22. The van der Waals surface area contributed by atoms with Crippen molar-refractivity contribution in [3.8, 4) is 5.75 Å². The van der Waals surface area contributed by atoms with E-state index in [0.717, 1.165) is 0 Å². The zero-order valence-corrected chi connectivity index (χ0v) is 37.2. The van der Waals surface area contributed by atoms with Crippen LogP contribution in [0, 0.1) is 0 Å². The standard InChI is InChI=1S/C47H57N5O10S/c1-45(2,3)61-43(58)51-37(41(55)56)28-30-23-25-33(26-24-30)60-42(57)50-36(22-15-27-48)39(53)34-20-13-14-21-35(34)47(31-16-9-7-10-17-31,32-18-11-8-12-19-32)52(38(29-63)40(49)54)44(59)62-46(4,5)6/h7-14,16-21,23-26,36-38,63H,15,22,27-29,48H2,1-6H3,(H2,49,54)(H,50,57)(H,51,58)(H,55,56)/t36-,37-,38-/m0/s1. The predicted molar refractivity (Wildman–Crippen MR) is 241 cm³/mol. The summed E-state index contributed by atoms with van der Waals surface area (Å²) >= 11 is 4.50. The Kier molecular flexibility index (Phi) is 16.9. The second kappa shape index (κ2) is 21.6. The summed E-state index contributed by atoms with van der Waals surface area (Å²) in [4.78, 5) is 82.3. The molecule has 4 amide bonds. The van der Waals surface area contributed by atoms with Gasteiger partial charge in [-0.1, -0.05) is 97.1 Å². The molecule has 16 heteroatoms. The molecule has 0 bridgehead atoms. The molecule has 4 aromatic rings. The molecule has 63 heavy (non-hydrogen) atoms. The van der Waals surface area contributed by atoms with Crippen LogP contribution in [0.3, 0.4) is 0 Å². The number of nitrogens with two attached hydrogens (primary N) is 2. The number of ketones is 1. The Morgan fingerprint density at radius 2 is 1.24 bits per heavy atom. The Balaban J connectivity index is 1.79. The van der Waals surface area contributed by atoms with Crippen molar-refractivity contribution < 1.29 is 48.1 Å². The van der Waals surface area contributed by atoms with Crippen LogP contribution in [-0.2, 0) is 31.0 Å². The van der Waals surface area contributed by atoms with E-state index in [4.69, 9.17) is 25.7 Å². The van der Waals surface area contributed by atoms with E-state index >= 15 is 4.79 Å². The van der Waals surface area contributed by atoms with Gasteiger partial charge in [-0.15, -0.1) is 0 Å². The number of rotatable bonds is 18. The molecule has 15 nitrogen and oxygen atoms in total. The van der Waals surface area contributed by atoms with Crippen molar-refractivity contribution in [2.75, 3.05) is 12.3 Å². The van der Waals surface area contributed by atoms with E-state index in [1.54, 1.807) is 126 Å². The molecule has 0 aliphatic carbocycles. The van der Waals surface area contributed by atoms with Gasteiger partial charge < -0.3 is 41.4 Å². The van der Waals surface area contributed by atoms with Crippen molar-refractivity contribution in [1.29, 1.82) is 0 Å². The van der Waals surface area contributed by atoms with Crippen LogP contribution in [0.4, 0.5) is 14.4 Å². The third-order valence-corrected chi connectivity index (χ3v) is 9.94. The minimum absolute atomic E-state index is 0.0815. The second-order valence-corrected chi connectivity index (χ2v) is 17.1. The van der Waals surface area contributed by atoms with E-state index in [0.29, 0.717) is 23.1 Å². The summed E-state index contributed by atoms with van der Waals surface area (Å²) in [6, 6.07) is 26.5. The highest BCUT2D eigenvalue weighted by molar-refractivity contribution is 7.80. The fourth-order valence-corrected chi connectivity index (χ4v) is 7.35. The lowest BCUT2D eigenvalue weighted by Gasteiger charge is -2.48. The molecule has 0 saturated heterocycles. The number of primary amides is 1. The first-order chi connectivity index (χ1) is 29.7. The number of nitrogens with one attached hydrogen (secondary N) is 2. The van der Waals surface area contributed by atoms with Gasteiger partial charge in [0.2, 0.25) is 5.91 Å². The summed E-state index contributed by atoms with van der Waals surface area (Å²) in [7, 11) is 0. The van der Waals surface area contributed by atoms with Crippen LogP contribution in [-0.4, -0.2) is 87.6 Å². The zero-order chi connectivity index (χ0) is 46.5. The molecule has 0 aromatic heterocycles. The Morgan fingerprint density at radius 1 is 0.714 bits per heavy atom. The van der Waals surface area contributed by atoms with E-state index in [-0.39, 0.29) is 42.0 Å². The van der Waals surface area contributed by atoms with Gasteiger partial charge in [-0.2, -0.15) is 12.6 Å². The molecular formula is C47H57N5O10S. The first kappa shape index (κ1) is 49.3. The molecular weight excluding hydrogens is 827 g/mol. The van der Waals surface area contributed by atoms with E-state index in [1.165, 1.54) is 29.2 Å². The van der Waals surface area contributed by atoms with Gasteiger partial charge in [-0.05, 0) is 95.3 Å². The molecule has 0 aliphatic heterocycles. The van der Waals surface area contributed by atoms with Gasteiger partial charge in [0, 0.05) is 17.7 Å². The van der Waals surface area contributed by atoms with E-state index < -0.39 is 70.8 Å². The van der Waals surface area contributed by atoms with E-state index in [9.17, 15) is 29.1 Å². The number of Topliss-reactive ketones (excluding diaryl/α,β-unsaturated/α-hetero) is 1. The quantitative estimate of drug-likeness (QED) is 0.0354. The molecule has 0 saturated carbocycles. The monoisotopic (exact) mass is 883 g/mol. The molecule has 7 N–H and O–H groups in total. The van der Waals surface area contributed by atoms with Gasteiger partial charge in [-0.25, -0.2) is 19.2 Å².